The molecule has 4 heteroatoms. The molecule has 0 saturated heterocycles. The summed E-state index contributed by atoms with van der Waals surface area (Å²) in [5.74, 6) is 0.553. The molecular weight excluding hydrogens is 242 g/mol. The number of primary amides is 1. The molecule has 0 fully saturated rings. The van der Waals surface area contributed by atoms with Gasteiger partial charge in [-0.15, -0.1) is 0 Å². The molecule has 0 atom stereocenters. The molecule has 0 aliphatic rings. The van der Waals surface area contributed by atoms with E-state index in [4.69, 9.17) is 15.2 Å². The molecule has 0 aliphatic heterocycles. The van der Waals surface area contributed by atoms with Crippen molar-refractivity contribution in [2.75, 3.05) is 13.2 Å². The van der Waals surface area contributed by atoms with Crippen LogP contribution in [0.3, 0.4) is 0 Å². The van der Waals surface area contributed by atoms with Crippen molar-refractivity contribution in [3.05, 3.63) is 48.1 Å². The van der Waals surface area contributed by atoms with Crippen molar-refractivity contribution in [1.29, 1.82) is 0 Å². The molecule has 0 aromatic heterocycles. The number of rotatable bonds is 7. The number of benzene rings is 1. The summed E-state index contributed by atoms with van der Waals surface area (Å²) in [5.41, 5.74) is 5.65. The van der Waals surface area contributed by atoms with Gasteiger partial charge in [-0.05, 0) is 26.0 Å². The zero-order chi connectivity index (χ0) is 14.1. The van der Waals surface area contributed by atoms with Crippen molar-refractivity contribution in [3.8, 4) is 11.5 Å². The molecule has 1 aromatic carbocycles. The van der Waals surface area contributed by atoms with Gasteiger partial charge in [0.1, 0.15) is 24.7 Å². The third-order valence-electron chi connectivity index (χ3n) is 2.37. The number of allylic oxidation sites excluding steroid dienone is 2. The SMILES string of the molecule is C/C=C/COc1ccc(C(N)=O)c(OC/C=C/C)c1. The van der Waals surface area contributed by atoms with Crippen LogP contribution in [-0.2, 0) is 0 Å². The second-order valence-electron chi connectivity index (χ2n) is 3.78. The first-order chi connectivity index (χ1) is 9.19. The summed E-state index contributed by atoms with van der Waals surface area (Å²) in [6.07, 6.45) is 7.51. The van der Waals surface area contributed by atoms with Gasteiger partial charge in [0, 0.05) is 6.07 Å². The van der Waals surface area contributed by atoms with E-state index in [-0.39, 0.29) is 0 Å². The van der Waals surface area contributed by atoms with Crippen LogP contribution in [0.4, 0.5) is 0 Å². The summed E-state index contributed by atoms with van der Waals surface area (Å²) in [5, 5.41) is 0. The Bertz CT molecular complexity index is 478. The maximum absolute atomic E-state index is 11.3. The fourth-order valence-corrected chi connectivity index (χ4v) is 1.39. The highest BCUT2D eigenvalue weighted by atomic mass is 16.5. The highest BCUT2D eigenvalue weighted by molar-refractivity contribution is 5.95. The van der Waals surface area contributed by atoms with Crippen molar-refractivity contribution >= 4 is 5.91 Å². The van der Waals surface area contributed by atoms with Crippen LogP contribution in [0, 0.1) is 0 Å². The Kier molecular flexibility index (Phi) is 6.22. The molecule has 0 heterocycles. The standard InChI is InChI=1S/C15H19NO3/c1-3-5-9-18-12-7-8-13(15(16)17)14(11-12)19-10-6-4-2/h3-8,11H,9-10H2,1-2H3,(H2,16,17)/b5-3+,6-4+. The number of hydrogen-bond acceptors (Lipinski definition) is 3. The van der Waals surface area contributed by atoms with Crippen molar-refractivity contribution in [3.63, 3.8) is 0 Å². The minimum absolute atomic E-state index is 0.350. The topological polar surface area (TPSA) is 61.5 Å². The van der Waals surface area contributed by atoms with Gasteiger partial charge in [0.15, 0.2) is 0 Å². The summed E-state index contributed by atoms with van der Waals surface area (Å²) in [6, 6.07) is 4.98. The summed E-state index contributed by atoms with van der Waals surface area (Å²) >= 11 is 0. The Hall–Kier alpha value is -2.23. The van der Waals surface area contributed by atoms with Gasteiger partial charge >= 0.3 is 0 Å². The Morgan fingerprint density at radius 2 is 1.79 bits per heavy atom. The number of amides is 1. The summed E-state index contributed by atoms with van der Waals surface area (Å²) < 4.78 is 11.0. The fraction of sp³-hybridized carbons (Fsp3) is 0.267. The van der Waals surface area contributed by atoms with Crippen molar-refractivity contribution in [1.82, 2.24) is 0 Å². The second-order valence-corrected chi connectivity index (χ2v) is 3.78. The largest absolute Gasteiger partial charge is 0.489 e. The van der Waals surface area contributed by atoms with E-state index in [1.54, 1.807) is 18.2 Å². The predicted molar refractivity (Wildman–Crippen MR) is 75.6 cm³/mol. The quantitative estimate of drug-likeness (QED) is 0.768. The van der Waals surface area contributed by atoms with Gasteiger partial charge in [0.2, 0.25) is 0 Å². The van der Waals surface area contributed by atoms with E-state index in [0.717, 1.165) is 0 Å². The first kappa shape index (κ1) is 14.8. The van der Waals surface area contributed by atoms with Crippen LogP contribution in [0.15, 0.2) is 42.5 Å². The number of ether oxygens (including phenoxy) is 2. The lowest BCUT2D eigenvalue weighted by molar-refractivity contribution is 0.0997. The fourth-order valence-electron chi connectivity index (χ4n) is 1.39. The van der Waals surface area contributed by atoms with E-state index in [9.17, 15) is 4.79 Å². The summed E-state index contributed by atoms with van der Waals surface area (Å²) in [4.78, 5) is 11.3. The summed E-state index contributed by atoms with van der Waals surface area (Å²) in [6.45, 7) is 4.68. The van der Waals surface area contributed by atoms with Crippen LogP contribution < -0.4 is 15.2 Å². The van der Waals surface area contributed by atoms with Gasteiger partial charge in [-0.2, -0.15) is 0 Å². The number of nitrogens with two attached hydrogens (primary N) is 1. The van der Waals surface area contributed by atoms with E-state index in [1.165, 1.54) is 0 Å². The van der Waals surface area contributed by atoms with E-state index in [0.29, 0.717) is 30.3 Å². The van der Waals surface area contributed by atoms with Gasteiger partial charge < -0.3 is 15.2 Å². The number of carbonyl (C=O) groups is 1. The average molecular weight is 261 g/mol. The van der Waals surface area contributed by atoms with Crippen LogP contribution in [0.2, 0.25) is 0 Å². The monoisotopic (exact) mass is 261 g/mol. The number of hydrogen-bond donors (Lipinski definition) is 1. The lowest BCUT2D eigenvalue weighted by Crippen LogP contribution is -2.13. The maximum atomic E-state index is 11.3. The first-order valence-electron chi connectivity index (χ1n) is 6.10. The molecule has 1 amide bonds. The van der Waals surface area contributed by atoms with Gasteiger partial charge in [-0.1, -0.05) is 24.3 Å². The zero-order valence-corrected chi connectivity index (χ0v) is 11.3. The van der Waals surface area contributed by atoms with Gasteiger partial charge in [-0.3, -0.25) is 4.79 Å². The molecule has 0 unspecified atom stereocenters. The second kappa shape index (κ2) is 7.97. The van der Waals surface area contributed by atoms with E-state index in [1.807, 2.05) is 38.2 Å². The lowest BCUT2D eigenvalue weighted by atomic mass is 10.2. The summed E-state index contributed by atoms with van der Waals surface area (Å²) in [7, 11) is 0. The molecular formula is C15H19NO3. The molecule has 0 bridgehead atoms. The van der Waals surface area contributed by atoms with Crippen LogP contribution in [-0.4, -0.2) is 19.1 Å². The molecule has 102 valence electrons. The molecule has 0 radical (unpaired) electrons. The highest BCUT2D eigenvalue weighted by Gasteiger charge is 2.10. The molecule has 19 heavy (non-hydrogen) atoms. The molecule has 4 nitrogen and oxygen atoms in total. The molecule has 1 aromatic rings. The minimum Gasteiger partial charge on any atom is -0.489 e. The normalized spacial score (nSPS) is 11.1. The molecule has 0 saturated carbocycles. The lowest BCUT2D eigenvalue weighted by Gasteiger charge is -2.10. The minimum atomic E-state index is -0.518. The van der Waals surface area contributed by atoms with Crippen LogP contribution >= 0.6 is 0 Å². The Balaban J connectivity index is 2.87. The predicted octanol–water partition coefficient (Wildman–Crippen LogP) is 2.70. The molecule has 2 N–H and O–H groups in total. The van der Waals surface area contributed by atoms with Crippen molar-refractivity contribution < 1.29 is 14.3 Å². The molecule has 0 aliphatic carbocycles. The number of carbonyl (C=O) groups excluding carboxylic acids is 1. The van der Waals surface area contributed by atoms with Gasteiger partial charge in [-0.25, -0.2) is 0 Å². The van der Waals surface area contributed by atoms with Gasteiger partial charge in [0.05, 0.1) is 5.56 Å². The smallest absolute Gasteiger partial charge is 0.252 e. The maximum Gasteiger partial charge on any atom is 0.252 e. The molecule has 1 rings (SSSR count). The first-order valence-corrected chi connectivity index (χ1v) is 6.10. The van der Waals surface area contributed by atoms with Crippen LogP contribution in [0.5, 0.6) is 11.5 Å². The van der Waals surface area contributed by atoms with Crippen molar-refractivity contribution in [2.45, 2.75) is 13.8 Å². The van der Waals surface area contributed by atoms with E-state index < -0.39 is 5.91 Å². The van der Waals surface area contributed by atoms with Crippen LogP contribution in [0.1, 0.15) is 24.2 Å². The van der Waals surface area contributed by atoms with E-state index >= 15 is 0 Å². The average Bonchev–Trinajstić information content (AvgIpc) is 2.39. The van der Waals surface area contributed by atoms with Crippen molar-refractivity contribution in [2.24, 2.45) is 5.73 Å². The zero-order valence-electron chi connectivity index (χ0n) is 11.3. The third kappa shape index (κ3) is 4.87. The Morgan fingerprint density at radius 3 is 2.37 bits per heavy atom. The Labute approximate surface area is 113 Å². The molecule has 0 spiro atoms. The Morgan fingerprint density at radius 1 is 1.16 bits per heavy atom. The van der Waals surface area contributed by atoms with Gasteiger partial charge in [0.25, 0.3) is 5.91 Å². The van der Waals surface area contributed by atoms with Crippen LogP contribution in [0.25, 0.3) is 0 Å². The third-order valence-corrected chi connectivity index (χ3v) is 2.37. The highest BCUT2D eigenvalue weighted by Crippen LogP contribution is 2.24. The van der Waals surface area contributed by atoms with E-state index in [2.05, 4.69) is 0 Å².